The zero-order chi connectivity index (χ0) is 16.1. The first-order valence-corrected chi connectivity index (χ1v) is 8.16. The second-order valence-corrected chi connectivity index (χ2v) is 6.02. The molecule has 3 nitrogen and oxygen atoms in total. The summed E-state index contributed by atoms with van der Waals surface area (Å²) in [6.07, 6.45) is 4.92. The van der Waals surface area contributed by atoms with Crippen molar-refractivity contribution in [1.82, 2.24) is 9.47 Å². The van der Waals surface area contributed by atoms with Crippen LogP contribution >= 0.6 is 0 Å². The predicted molar refractivity (Wildman–Crippen MR) is 90.2 cm³/mol. The molecule has 0 unspecified atom stereocenters. The molecule has 0 saturated heterocycles. The van der Waals surface area contributed by atoms with E-state index < -0.39 is 0 Å². The second kappa shape index (κ2) is 7.63. The summed E-state index contributed by atoms with van der Waals surface area (Å²) < 4.78 is 22.3. The number of ether oxygens (including phenoxy) is 1. The Kier molecular flexibility index (Phi) is 5.83. The summed E-state index contributed by atoms with van der Waals surface area (Å²) >= 11 is 0. The first-order chi connectivity index (χ1) is 10.6. The zero-order valence-corrected chi connectivity index (χ0v) is 14.2. The molecule has 0 bridgehead atoms. The van der Waals surface area contributed by atoms with Crippen molar-refractivity contribution in [2.75, 3.05) is 27.2 Å². The molecule has 0 saturated carbocycles. The van der Waals surface area contributed by atoms with Crippen molar-refractivity contribution in [2.24, 2.45) is 0 Å². The third-order valence-electron chi connectivity index (χ3n) is 3.77. The maximum atomic E-state index is 14.4. The van der Waals surface area contributed by atoms with E-state index in [1.807, 2.05) is 4.57 Å². The van der Waals surface area contributed by atoms with Crippen LogP contribution in [0, 0.1) is 5.82 Å². The third kappa shape index (κ3) is 3.61. The second-order valence-electron chi connectivity index (χ2n) is 6.02. The number of aromatic nitrogens is 1. The summed E-state index contributed by atoms with van der Waals surface area (Å²) in [6.45, 7) is 6.62. The van der Waals surface area contributed by atoms with Gasteiger partial charge in [-0.15, -0.1) is 0 Å². The standard InChI is InChI=1S/C18H27FN2O/c1-5-10-21-13-14(9-11-20(3)4)17-16(22-12-6-2)8-7-15(19)18(17)21/h7-8,13H,5-6,9-12H2,1-4H3. The quantitative estimate of drug-likeness (QED) is 0.731. The molecule has 4 heteroatoms. The average Bonchev–Trinajstić information content (AvgIpc) is 2.85. The van der Waals surface area contributed by atoms with Gasteiger partial charge in [-0.05, 0) is 51.1 Å². The van der Waals surface area contributed by atoms with E-state index in [0.717, 1.165) is 43.5 Å². The number of rotatable bonds is 8. The van der Waals surface area contributed by atoms with Crippen molar-refractivity contribution >= 4 is 10.9 Å². The Morgan fingerprint density at radius 3 is 2.59 bits per heavy atom. The molecule has 2 rings (SSSR count). The number of hydrogen-bond acceptors (Lipinski definition) is 2. The molecule has 1 heterocycles. The van der Waals surface area contributed by atoms with Gasteiger partial charge in [-0.1, -0.05) is 13.8 Å². The van der Waals surface area contributed by atoms with Crippen LogP contribution in [-0.2, 0) is 13.0 Å². The van der Waals surface area contributed by atoms with Gasteiger partial charge in [-0.3, -0.25) is 0 Å². The van der Waals surface area contributed by atoms with Crippen molar-refractivity contribution in [2.45, 2.75) is 39.7 Å². The van der Waals surface area contributed by atoms with Gasteiger partial charge in [0.2, 0.25) is 0 Å². The molecule has 0 aliphatic heterocycles. The van der Waals surface area contributed by atoms with Crippen molar-refractivity contribution in [3.05, 3.63) is 29.7 Å². The van der Waals surface area contributed by atoms with Gasteiger partial charge >= 0.3 is 0 Å². The molecular weight excluding hydrogens is 279 g/mol. The lowest BCUT2D eigenvalue weighted by Gasteiger charge is -2.11. The Morgan fingerprint density at radius 2 is 1.95 bits per heavy atom. The first-order valence-electron chi connectivity index (χ1n) is 8.16. The van der Waals surface area contributed by atoms with E-state index in [4.69, 9.17) is 4.74 Å². The van der Waals surface area contributed by atoms with Gasteiger partial charge in [0.25, 0.3) is 0 Å². The van der Waals surface area contributed by atoms with Crippen LogP contribution in [0.2, 0.25) is 0 Å². The molecule has 0 spiro atoms. The Hall–Kier alpha value is -1.55. The molecule has 0 N–H and O–H groups in total. The molecular formula is C18H27FN2O. The van der Waals surface area contributed by atoms with Crippen LogP contribution in [0.1, 0.15) is 32.3 Å². The van der Waals surface area contributed by atoms with E-state index in [2.05, 4.69) is 39.0 Å². The largest absolute Gasteiger partial charge is 0.493 e. The van der Waals surface area contributed by atoms with E-state index >= 15 is 0 Å². The van der Waals surface area contributed by atoms with E-state index in [9.17, 15) is 4.39 Å². The summed E-state index contributed by atoms with van der Waals surface area (Å²) in [6, 6.07) is 3.29. The lowest BCUT2D eigenvalue weighted by molar-refractivity contribution is 0.320. The normalized spacial score (nSPS) is 11.5. The Bertz CT molecular complexity index is 619. The number of benzene rings is 1. The van der Waals surface area contributed by atoms with Crippen molar-refractivity contribution in [3.63, 3.8) is 0 Å². The van der Waals surface area contributed by atoms with Gasteiger partial charge in [0.05, 0.1) is 12.1 Å². The van der Waals surface area contributed by atoms with E-state index in [-0.39, 0.29) is 5.82 Å². The Balaban J connectivity index is 2.52. The first kappa shape index (κ1) is 16.8. The van der Waals surface area contributed by atoms with Crippen LogP contribution < -0.4 is 4.74 Å². The topological polar surface area (TPSA) is 17.4 Å². The van der Waals surface area contributed by atoms with Gasteiger partial charge in [0.15, 0.2) is 0 Å². The maximum Gasteiger partial charge on any atom is 0.147 e. The third-order valence-corrected chi connectivity index (χ3v) is 3.77. The average molecular weight is 306 g/mol. The highest BCUT2D eigenvalue weighted by molar-refractivity contribution is 5.90. The van der Waals surface area contributed by atoms with E-state index in [0.29, 0.717) is 12.1 Å². The van der Waals surface area contributed by atoms with Gasteiger partial charge in [-0.2, -0.15) is 0 Å². The van der Waals surface area contributed by atoms with Gasteiger partial charge < -0.3 is 14.2 Å². The smallest absolute Gasteiger partial charge is 0.147 e. The summed E-state index contributed by atoms with van der Waals surface area (Å²) in [5.74, 6) is 0.644. The van der Waals surface area contributed by atoms with Crippen LogP contribution in [0.25, 0.3) is 10.9 Å². The van der Waals surface area contributed by atoms with Crippen LogP contribution in [-0.4, -0.2) is 36.7 Å². The minimum Gasteiger partial charge on any atom is -0.493 e. The number of fused-ring (bicyclic) bond motifs is 1. The molecule has 2 aromatic rings. The number of nitrogens with zero attached hydrogens (tertiary/aromatic N) is 2. The van der Waals surface area contributed by atoms with Crippen LogP contribution in [0.3, 0.4) is 0 Å². The fourth-order valence-corrected chi connectivity index (χ4v) is 2.74. The zero-order valence-electron chi connectivity index (χ0n) is 14.2. The van der Waals surface area contributed by atoms with E-state index in [1.165, 1.54) is 11.6 Å². The number of likely N-dealkylation sites (N-methyl/N-ethyl adjacent to an activating group) is 1. The lowest BCUT2D eigenvalue weighted by atomic mass is 10.1. The van der Waals surface area contributed by atoms with Crippen LogP contribution in [0.4, 0.5) is 4.39 Å². The fraction of sp³-hybridized carbons (Fsp3) is 0.556. The summed E-state index contributed by atoms with van der Waals surface area (Å²) in [5.41, 5.74) is 1.85. The molecule has 0 radical (unpaired) electrons. The minimum atomic E-state index is -0.164. The van der Waals surface area contributed by atoms with Crippen molar-refractivity contribution in [1.29, 1.82) is 0 Å². The van der Waals surface area contributed by atoms with Gasteiger partial charge in [-0.25, -0.2) is 4.39 Å². The van der Waals surface area contributed by atoms with Gasteiger partial charge in [0, 0.05) is 24.7 Å². The van der Waals surface area contributed by atoms with E-state index in [1.54, 1.807) is 6.07 Å². The maximum absolute atomic E-state index is 14.4. The molecule has 22 heavy (non-hydrogen) atoms. The molecule has 1 aromatic heterocycles. The minimum absolute atomic E-state index is 0.164. The number of halogens is 1. The van der Waals surface area contributed by atoms with Crippen LogP contribution in [0.15, 0.2) is 18.3 Å². The highest BCUT2D eigenvalue weighted by Gasteiger charge is 2.17. The molecule has 1 aromatic carbocycles. The molecule has 0 amide bonds. The lowest BCUT2D eigenvalue weighted by Crippen LogP contribution is -2.15. The summed E-state index contributed by atoms with van der Waals surface area (Å²) in [7, 11) is 4.11. The molecule has 0 aliphatic rings. The van der Waals surface area contributed by atoms with Crippen molar-refractivity contribution in [3.8, 4) is 5.75 Å². The molecule has 0 aliphatic carbocycles. The molecule has 0 atom stereocenters. The highest BCUT2D eigenvalue weighted by atomic mass is 19.1. The summed E-state index contributed by atoms with van der Waals surface area (Å²) in [5, 5.41) is 0.948. The monoisotopic (exact) mass is 306 g/mol. The number of hydrogen-bond donors (Lipinski definition) is 0. The predicted octanol–water partition coefficient (Wildman–Crippen LogP) is 4.08. The van der Waals surface area contributed by atoms with Crippen molar-refractivity contribution < 1.29 is 9.13 Å². The van der Waals surface area contributed by atoms with Crippen LogP contribution in [0.5, 0.6) is 5.75 Å². The molecule has 0 fully saturated rings. The highest BCUT2D eigenvalue weighted by Crippen LogP contribution is 2.33. The summed E-state index contributed by atoms with van der Waals surface area (Å²) in [4.78, 5) is 2.15. The van der Waals surface area contributed by atoms with Gasteiger partial charge in [0.1, 0.15) is 11.6 Å². The molecule has 122 valence electrons. The number of aryl methyl sites for hydroxylation is 1. The SMILES string of the molecule is CCCOc1ccc(F)c2c1c(CCN(C)C)cn2CCC. The Labute approximate surface area is 132 Å². The fourth-order valence-electron chi connectivity index (χ4n) is 2.74. The Morgan fingerprint density at radius 1 is 1.18 bits per heavy atom.